The van der Waals surface area contributed by atoms with Gasteiger partial charge in [0.2, 0.25) is 0 Å². The minimum Gasteiger partial charge on any atom is -0.452 e. The Morgan fingerprint density at radius 3 is 2.68 bits per heavy atom. The molecule has 0 radical (unpaired) electrons. The van der Waals surface area contributed by atoms with Gasteiger partial charge in [0.05, 0.1) is 11.4 Å². The largest absolute Gasteiger partial charge is 0.452 e. The number of esters is 1. The maximum absolute atomic E-state index is 11.8. The number of ether oxygens (including phenoxy) is 1. The standard InChI is InChI=1S/C19H19ClN4O4/c1-3-11-21-19(27)22-16(25)12-28-17(26)10-9-15-13(2)23-24(18(15)20)14-7-5-4-6-8-14/h3-10H,1,11-12H2,2H3,(H2,21,22,25,27)/b10-9+. The third-order valence-corrected chi connectivity index (χ3v) is 3.80. The highest BCUT2D eigenvalue weighted by atomic mass is 35.5. The Morgan fingerprint density at radius 2 is 2.00 bits per heavy atom. The quantitative estimate of drug-likeness (QED) is 0.420. The lowest BCUT2D eigenvalue weighted by atomic mass is 10.2. The van der Waals surface area contributed by atoms with E-state index in [9.17, 15) is 14.4 Å². The molecular weight excluding hydrogens is 384 g/mol. The van der Waals surface area contributed by atoms with Gasteiger partial charge < -0.3 is 10.1 Å². The summed E-state index contributed by atoms with van der Waals surface area (Å²) < 4.78 is 6.35. The van der Waals surface area contributed by atoms with Crippen molar-refractivity contribution in [3.8, 4) is 5.69 Å². The lowest BCUT2D eigenvalue weighted by Crippen LogP contribution is -2.41. The van der Waals surface area contributed by atoms with Crippen molar-refractivity contribution in [3.05, 3.63) is 65.5 Å². The van der Waals surface area contributed by atoms with Crippen LogP contribution >= 0.6 is 11.6 Å². The van der Waals surface area contributed by atoms with Gasteiger partial charge in [-0.05, 0) is 25.1 Å². The number of benzene rings is 1. The SMILES string of the molecule is C=CCNC(=O)NC(=O)COC(=O)/C=C/c1c(C)nn(-c2ccccc2)c1Cl. The number of urea groups is 1. The number of imide groups is 1. The van der Waals surface area contributed by atoms with Gasteiger partial charge in [-0.25, -0.2) is 14.3 Å². The summed E-state index contributed by atoms with van der Waals surface area (Å²) in [6, 6.07) is 8.60. The molecule has 0 aliphatic rings. The van der Waals surface area contributed by atoms with Crippen molar-refractivity contribution >= 4 is 35.6 Å². The van der Waals surface area contributed by atoms with Crippen LogP contribution in [0, 0.1) is 6.92 Å². The first-order valence-electron chi connectivity index (χ1n) is 8.26. The minimum absolute atomic E-state index is 0.207. The van der Waals surface area contributed by atoms with Gasteiger partial charge in [-0.2, -0.15) is 5.10 Å². The molecule has 0 aliphatic carbocycles. The molecule has 8 nitrogen and oxygen atoms in total. The first-order chi connectivity index (χ1) is 13.4. The van der Waals surface area contributed by atoms with E-state index in [4.69, 9.17) is 16.3 Å². The predicted molar refractivity (Wildman–Crippen MR) is 105 cm³/mol. The number of halogens is 1. The minimum atomic E-state index is -0.760. The Bertz CT molecular complexity index is 906. The molecule has 3 amide bonds. The molecule has 2 N–H and O–H groups in total. The van der Waals surface area contributed by atoms with Crippen LogP contribution in [0.3, 0.4) is 0 Å². The highest BCUT2D eigenvalue weighted by Crippen LogP contribution is 2.24. The summed E-state index contributed by atoms with van der Waals surface area (Å²) in [5, 5.41) is 9.06. The van der Waals surface area contributed by atoms with E-state index in [-0.39, 0.29) is 6.54 Å². The summed E-state index contributed by atoms with van der Waals surface area (Å²) in [4.78, 5) is 34.6. The molecular formula is C19H19ClN4O4. The highest BCUT2D eigenvalue weighted by molar-refractivity contribution is 6.31. The summed E-state index contributed by atoms with van der Waals surface area (Å²) in [5.74, 6) is -1.51. The summed E-state index contributed by atoms with van der Waals surface area (Å²) in [6.45, 7) is 4.79. The summed E-state index contributed by atoms with van der Waals surface area (Å²) in [5.41, 5.74) is 1.95. The Kier molecular flexibility index (Phi) is 7.53. The first kappa shape index (κ1) is 20.9. The molecule has 0 aliphatic heterocycles. The summed E-state index contributed by atoms with van der Waals surface area (Å²) >= 11 is 6.36. The molecule has 0 saturated heterocycles. The molecule has 0 unspecified atom stereocenters. The summed E-state index contributed by atoms with van der Waals surface area (Å²) in [6.07, 6.45) is 4.05. The Balaban J connectivity index is 1.94. The van der Waals surface area contributed by atoms with E-state index >= 15 is 0 Å². The number of aromatic nitrogens is 2. The van der Waals surface area contributed by atoms with Crippen molar-refractivity contribution in [2.75, 3.05) is 13.2 Å². The van der Waals surface area contributed by atoms with Gasteiger partial charge >= 0.3 is 12.0 Å². The van der Waals surface area contributed by atoms with Crippen molar-refractivity contribution in [3.63, 3.8) is 0 Å². The fourth-order valence-electron chi connectivity index (χ4n) is 2.15. The Hall–Kier alpha value is -3.39. The molecule has 1 heterocycles. The number of amides is 3. The molecule has 1 aromatic heterocycles. The van der Waals surface area contributed by atoms with Gasteiger partial charge in [0, 0.05) is 18.2 Å². The van der Waals surface area contributed by atoms with Gasteiger partial charge in [-0.15, -0.1) is 6.58 Å². The van der Waals surface area contributed by atoms with Crippen LogP contribution in [0.2, 0.25) is 5.15 Å². The van der Waals surface area contributed by atoms with E-state index < -0.39 is 24.5 Å². The number of aryl methyl sites for hydroxylation is 1. The molecule has 0 spiro atoms. The lowest BCUT2D eigenvalue weighted by molar-refractivity contribution is -0.143. The third-order valence-electron chi connectivity index (χ3n) is 3.44. The van der Waals surface area contributed by atoms with Crippen LogP contribution in [0.25, 0.3) is 11.8 Å². The number of carbonyl (C=O) groups excluding carboxylic acids is 3. The number of nitrogens with one attached hydrogen (secondary N) is 2. The molecule has 0 fully saturated rings. The van der Waals surface area contributed by atoms with E-state index in [2.05, 4.69) is 17.0 Å². The Morgan fingerprint density at radius 1 is 1.29 bits per heavy atom. The fraction of sp³-hybridized carbons (Fsp3) is 0.158. The van der Waals surface area contributed by atoms with Crippen LogP contribution in [0.5, 0.6) is 0 Å². The molecule has 9 heteroatoms. The molecule has 146 valence electrons. The second-order valence-electron chi connectivity index (χ2n) is 5.53. The normalized spacial score (nSPS) is 10.5. The summed E-state index contributed by atoms with van der Waals surface area (Å²) in [7, 11) is 0. The van der Waals surface area contributed by atoms with E-state index in [1.54, 1.807) is 11.6 Å². The average Bonchev–Trinajstić information content (AvgIpc) is 2.97. The predicted octanol–water partition coefficient (Wildman–Crippen LogP) is 2.40. The van der Waals surface area contributed by atoms with E-state index in [0.29, 0.717) is 16.4 Å². The van der Waals surface area contributed by atoms with Crippen LogP contribution in [0.1, 0.15) is 11.3 Å². The second-order valence-corrected chi connectivity index (χ2v) is 5.88. The van der Waals surface area contributed by atoms with Crippen LogP contribution in [-0.4, -0.2) is 40.8 Å². The van der Waals surface area contributed by atoms with E-state index in [1.165, 1.54) is 12.2 Å². The van der Waals surface area contributed by atoms with E-state index in [1.807, 2.05) is 35.6 Å². The zero-order chi connectivity index (χ0) is 20.5. The molecule has 0 atom stereocenters. The number of para-hydroxylation sites is 1. The first-order valence-corrected chi connectivity index (χ1v) is 8.64. The highest BCUT2D eigenvalue weighted by Gasteiger charge is 2.13. The van der Waals surface area contributed by atoms with Gasteiger partial charge in [-0.1, -0.05) is 35.9 Å². The van der Waals surface area contributed by atoms with Crippen LogP contribution in [0.15, 0.2) is 49.1 Å². The number of nitrogens with zero attached hydrogens (tertiary/aromatic N) is 2. The molecule has 0 bridgehead atoms. The monoisotopic (exact) mass is 402 g/mol. The number of rotatable bonds is 7. The van der Waals surface area contributed by atoms with E-state index in [0.717, 1.165) is 11.8 Å². The van der Waals surface area contributed by atoms with Gasteiger partial charge in [0.25, 0.3) is 5.91 Å². The molecule has 0 saturated carbocycles. The van der Waals surface area contributed by atoms with Gasteiger partial charge in [0.15, 0.2) is 6.61 Å². The van der Waals surface area contributed by atoms with Crippen LogP contribution in [0.4, 0.5) is 4.79 Å². The average molecular weight is 403 g/mol. The van der Waals surface area contributed by atoms with Crippen LogP contribution < -0.4 is 10.6 Å². The van der Waals surface area contributed by atoms with Crippen LogP contribution in [-0.2, 0) is 14.3 Å². The topological polar surface area (TPSA) is 102 Å². The van der Waals surface area contributed by atoms with Gasteiger partial charge in [-0.3, -0.25) is 10.1 Å². The number of hydrogen-bond donors (Lipinski definition) is 2. The Labute approximate surface area is 166 Å². The molecule has 2 aromatic rings. The van der Waals surface area contributed by atoms with Crippen molar-refractivity contribution in [1.29, 1.82) is 0 Å². The number of carbonyl (C=O) groups is 3. The maximum atomic E-state index is 11.8. The molecule has 2 rings (SSSR count). The zero-order valence-electron chi connectivity index (χ0n) is 15.1. The van der Waals surface area contributed by atoms with Crippen molar-refractivity contribution in [2.45, 2.75) is 6.92 Å². The number of hydrogen-bond acceptors (Lipinski definition) is 5. The van der Waals surface area contributed by atoms with Crippen molar-refractivity contribution < 1.29 is 19.1 Å². The second kappa shape index (κ2) is 10.1. The van der Waals surface area contributed by atoms with Gasteiger partial charge in [0.1, 0.15) is 5.15 Å². The molecule has 1 aromatic carbocycles. The zero-order valence-corrected chi connectivity index (χ0v) is 15.9. The fourth-order valence-corrected chi connectivity index (χ4v) is 2.48. The molecule has 28 heavy (non-hydrogen) atoms. The third kappa shape index (κ3) is 5.82. The smallest absolute Gasteiger partial charge is 0.331 e. The maximum Gasteiger partial charge on any atom is 0.331 e. The van der Waals surface area contributed by atoms with Crippen molar-refractivity contribution in [2.24, 2.45) is 0 Å². The lowest BCUT2D eigenvalue weighted by Gasteiger charge is -2.04. The van der Waals surface area contributed by atoms with Crippen molar-refractivity contribution in [1.82, 2.24) is 20.4 Å².